The quantitative estimate of drug-likeness (QED) is 0.588. The van der Waals surface area contributed by atoms with Gasteiger partial charge in [-0.25, -0.2) is 9.67 Å². The lowest BCUT2D eigenvalue weighted by atomic mass is 10.1. The molecular weight excluding hydrogens is 332 g/mol. The molecule has 0 spiro atoms. The van der Waals surface area contributed by atoms with Gasteiger partial charge in [-0.15, -0.1) is 5.10 Å². The van der Waals surface area contributed by atoms with E-state index in [-0.39, 0.29) is 5.91 Å². The van der Waals surface area contributed by atoms with Crippen LogP contribution in [0.1, 0.15) is 15.9 Å². The van der Waals surface area contributed by atoms with Crippen molar-refractivity contribution in [2.24, 2.45) is 0 Å². The third-order valence-electron chi connectivity index (χ3n) is 3.77. The van der Waals surface area contributed by atoms with Crippen molar-refractivity contribution in [2.45, 2.75) is 6.54 Å². The van der Waals surface area contributed by atoms with Crippen molar-refractivity contribution in [3.63, 3.8) is 0 Å². The zero-order valence-electron chi connectivity index (χ0n) is 13.6. The Labute approximate surface area is 148 Å². The molecule has 2 heterocycles. The van der Waals surface area contributed by atoms with Gasteiger partial charge in [-0.2, -0.15) is 9.78 Å². The molecule has 0 saturated heterocycles. The monoisotopic (exact) mass is 346 g/mol. The molecule has 0 saturated carbocycles. The van der Waals surface area contributed by atoms with Crippen molar-refractivity contribution in [1.82, 2.24) is 35.0 Å². The number of rotatable bonds is 5. The van der Waals surface area contributed by atoms with Crippen LogP contribution in [0.3, 0.4) is 0 Å². The van der Waals surface area contributed by atoms with Crippen LogP contribution in [0.4, 0.5) is 5.69 Å². The second-order valence-corrected chi connectivity index (χ2v) is 5.52. The summed E-state index contributed by atoms with van der Waals surface area (Å²) < 4.78 is 3.19. The van der Waals surface area contributed by atoms with Gasteiger partial charge >= 0.3 is 0 Å². The minimum absolute atomic E-state index is 0.236. The van der Waals surface area contributed by atoms with E-state index in [4.69, 9.17) is 0 Å². The number of benzene rings is 2. The fraction of sp³-hybridized carbons (Fsp3) is 0.0588. The van der Waals surface area contributed by atoms with Gasteiger partial charge in [0.25, 0.3) is 5.91 Å². The van der Waals surface area contributed by atoms with Crippen LogP contribution in [-0.4, -0.2) is 40.9 Å². The molecule has 0 unspecified atom stereocenters. The molecule has 0 bridgehead atoms. The van der Waals surface area contributed by atoms with E-state index in [9.17, 15) is 4.79 Å². The fourth-order valence-corrected chi connectivity index (χ4v) is 2.53. The second kappa shape index (κ2) is 6.93. The Kier molecular flexibility index (Phi) is 4.17. The summed E-state index contributed by atoms with van der Waals surface area (Å²) in [6.45, 7) is 0.621. The Morgan fingerprint density at radius 3 is 2.62 bits per heavy atom. The zero-order chi connectivity index (χ0) is 17.8. The molecule has 4 aromatic rings. The van der Waals surface area contributed by atoms with Gasteiger partial charge in [0, 0.05) is 5.69 Å². The Morgan fingerprint density at radius 2 is 1.88 bits per heavy atom. The highest BCUT2D eigenvalue weighted by Gasteiger charge is 2.13. The first-order valence-corrected chi connectivity index (χ1v) is 7.85. The number of hydrogen-bond donors (Lipinski definition) is 1. The fourth-order valence-electron chi connectivity index (χ4n) is 2.53. The minimum Gasteiger partial charge on any atom is -0.322 e. The molecule has 9 nitrogen and oxygen atoms in total. The van der Waals surface area contributed by atoms with Crippen molar-refractivity contribution >= 4 is 11.6 Å². The first kappa shape index (κ1) is 15.6. The predicted octanol–water partition coefficient (Wildman–Crippen LogP) is 1.55. The van der Waals surface area contributed by atoms with Crippen LogP contribution >= 0.6 is 0 Å². The van der Waals surface area contributed by atoms with Gasteiger partial charge in [0.1, 0.15) is 19.0 Å². The molecule has 0 aliphatic carbocycles. The maximum atomic E-state index is 12.7. The molecule has 1 amide bonds. The van der Waals surface area contributed by atoms with Gasteiger partial charge in [0.15, 0.2) is 0 Å². The van der Waals surface area contributed by atoms with E-state index in [1.54, 1.807) is 29.2 Å². The number of tetrazole rings is 1. The summed E-state index contributed by atoms with van der Waals surface area (Å²) >= 11 is 0. The van der Waals surface area contributed by atoms with Crippen LogP contribution in [0, 0.1) is 0 Å². The Balaban J connectivity index is 1.50. The van der Waals surface area contributed by atoms with Gasteiger partial charge < -0.3 is 5.32 Å². The van der Waals surface area contributed by atoms with E-state index in [1.165, 1.54) is 17.3 Å². The van der Waals surface area contributed by atoms with E-state index >= 15 is 0 Å². The van der Waals surface area contributed by atoms with E-state index in [0.29, 0.717) is 23.5 Å². The highest BCUT2D eigenvalue weighted by molar-refractivity contribution is 6.06. The van der Waals surface area contributed by atoms with Crippen molar-refractivity contribution < 1.29 is 4.79 Å². The van der Waals surface area contributed by atoms with Crippen molar-refractivity contribution in [1.29, 1.82) is 0 Å². The molecule has 128 valence electrons. The van der Waals surface area contributed by atoms with Crippen molar-refractivity contribution in [3.05, 3.63) is 78.6 Å². The highest BCUT2D eigenvalue weighted by Crippen LogP contribution is 2.16. The molecule has 0 atom stereocenters. The maximum absolute atomic E-state index is 12.7. The molecule has 0 fully saturated rings. The van der Waals surface area contributed by atoms with Crippen LogP contribution in [0.25, 0.3) is 5.69 Å². The molecular formula is C17H14N8O. The van der Waals surface area contributed by atoms with E-state index in [2.05, 4.69) is 30.9 Å². The summed E-state index contributed by atoms with van der Waals surface area (Å²) in [5, 5.41) is 18.0. The van der Waals surface area contributed by atoms with Gasteiger partial charge in [-0.05, 0) is 40.3 Å². The number of carbonyl (C=O) groups excluding carboxylic acids is 1. The van der Waals surface area contributed by atoms with Gasteiger partial charge in [0.05, 0.1) is 17.8 Å². The number of aromatic nitrogens is 7. The lowest BCUT2D eigenvalue weighted by molar-refractivity contribution is 0.102. The Hall–Kier alpha value is -3.88. The largest absolute Gasteiger partial charge is 0.322 e. The molecule has 1 N–H and O–H groups in total. The number of para-hydroxylation sites is 1. The number of hydrogen-bond acceptors (Lipinski definition) is 6. The summed E-state index contributed by atoms with van der Waals surface area (Å²) in [4.78, 5) is 16.6. The van der Waals surface area contributed by atoms with Crippen LogP contribution in [0.5, 0.6) is 0 Å². The summed E-state index contributed by atoms with van der Waals surface area (Å²) in [7, 11) is 0. The van der Waals surface area contributed by atoms with Crippen LogP contribution in [0.2, 0.25) is 0 Å². The molecule has 0 aliphatic rings. The summed E-state index contributed by atoms with van der Waals surface area (Å²) in [5.74, 6) is -0.236. The average Bonchev–Trinajstić information content (AvgIpc) is 3.37. The molecule has 0 radical (unpaired) electrons. The third-order valence-corrected chi connectivity index (χ3v) is 3.77. The predicted molar refractivity (Wildman–Crippen MR) is 92.7 cm³/mol. The van der Waals surface area contributed by atoms with Crippen LogP contribution < -0.4 is 5.32 Å². The first-order valence-electron chi connectivity index (χ1n) is 7.85. The number of amides is 1. The second-order valence-electron chi connectivity index (χ2n) is 5.52. The normalized spacial score (nSPS) is 10.6. The average molecular weight is 346 g/mol. The number of anilines is 1. The topological polar surface area (TPSA) is 103 Å². The smallest absolute Gasteiger partial charge is 0.257 e. The lowest BCUT2D eigenvalue weighted by Gasteiger charge is -2.10. The Bertz CT molecular complexity index is 994. The third kappa shape index (κ3) is 3.31. The molecule has 0 aliphatic heterocycles. The zero-order valence-corrected chi connectivity index (χ0v) is 13.6. The molecule has 2 aromatic carbocycles. The van der Waals surface area contributed by atoms with E-state index in [1.807, 2.05) is 30.3 Å². The van der Waals surface area contributed by atoms with E-state index in [0.717, 1.165) is 5.56 Å². The SMILES string of the molecule is O=C(Nc1ccc(Cn2cncn2)cc1)c1ccccc1-n1cnnn1. The maximum Gasteiger partial charge on any atom is 0.257 e. The Morgan fingerprint density at radius 1 is 1.04 bits per heavy atom. The van der Waals surface area contributed by atoms with Gasteiger partial charge in [-0.1, -0.05) is 24.3 Å². The van der Waals surface area contributed by atoms with Crippen molar-refractivity contribution in [2.75, 3.05) is 5.32 Å². The summed E-state index contributed by atoms with van der Waals surface area (Å²) in [6.07, 6.45) is 4.60. The van der Waals surface area contributed by atoms with E-state index < -0.39 is 0 Å². The summed E-state index contributed by atoms with van der Waals surface area (Å²) in [5.41, 5.74) is 2.84. The number of nitrogens with zero attached hydrogens (tertiary/aromatic N) is 7. The van der Waals surface area contributed by atoms with Gasteiger partial charge in [0.2, 0.25) is 0 Å². The van der Waals surface area contributed by atoms with Gasteiger partial charge in [-0.3, -0.25) is 4.79 Å². The molecule has 2 aromatic heterocycles. The lowest BCUT2D eigenvalue weighted by Crippen LogP contribution is -2.15. The number of carbonyl (C=O) groups is 1. The first-order chi connectivity index (χ1) is 12.8. The number of nitrogens with one attached hydrogen (secondary N) is 1. The van der Waals surface area contributed by atoms with Crippen LogP contribution in [0.15, 0.2) is 67.5 Å². The minimum atomic E-state index is -0.236. The highest BCUT2D eigenvalue weighted by atomic mass is 16.1. The summed E-state index contributed by atoms with van der Waals surface area (Å²) in [6, 6.07) is 14.7. The molecule has 9 heteroatoms. The standard InChI is InChI=1S/C17H14N8O/c26-17(15-3-1-2-4-16(15)25-12-19-22-23-25)21-14-7-5-13(6-8-14)9-24-11-18-10-20-24/h1-8,10-12H,9H2,(H,21,26). The van der Waals surface area contributed by atoms with Crippen LogP contribution in [-0.2, 0) is 6.54 Å². The molecule has 26 heavy (non-hydrogen) atoms. The van der Waals surface area contributed by atoms with Crippen molar-refractivity contribution in [3.8, 4) is 5.69 Å². The molecule has 4 rings (SSSR count).